The molecule has 136 valence electrons. The number of sulfonamides is 1. The maximum absolute atomic E-state index is 13.2. The average molecular weight is 385 g/mol. The van der Waals surface area contributed by atoms with Crippen LogP contribution in [0.2, 0.25) is 0 Å². The van der Waals surface area contributed by atoms with Gasteiger partial charge in [-0.05, 0) is 29.8 Å². The zero-order valence-electron chi connectivity index (χ0n) is 12.9. The molecule has 5 nitrogen and oxygen atoms in total. The molecule has 0 spiro atoms. The first-order valence-corrected chi connectivity index (χ1v) is 8.67. The summed E-state index contributed by atoms with van der Waals surface area (Å²) in [5.74, 6) is -0.517. The van der Waals surface area contributed by atoms with Crippen molar-refractivity contribution in [2.45, 2.75) is 11.1 Å². The highest BCUT2D eigenvalue weighted by molar-refractivity contribution is 7.89. The van der Waals surface area contributed by atoms with E-state index in [0.717, 1.165) is 29.1 Å². The molecule has 0 amide bonds. The fourth-order valence-corrected chi connectivity index (χ4v) is 3.19. The molecule has 0 aliphatic rings. The third kappa shape index (κ3) is 3.46. The maximum Gasteiger partial charge on any atom is 0.435 e. The molecule has 0 fully saturated rings. The molecule has 0 saturated heterocycles. The molecule has 2 N–H and O–H groups in total. The molecule has 0 aliphatic heterocycles. The van der Waals surface area contributed by atoms with E-state index in [1.165, 1.54) is 24.3 Å². The van der Waals surface area contributed by atoms with Crippen LogP contribution in [-0.4, -0.2) is 18.2 Å². The number of halogens is 4. The van der Waals surface area contributed by atoms with Gasteiger partial charge in [0, 0.05) is 11.8 Å². The third-order valence-electron chi connectivity index (χ3n) is 3.57. The molecule has 2 aromatic carbocycles. The number of alkyl halides is 3. The van der Waals surface area contributed by atoms with Crippen molar-refractivity contribution >= 4 is 10.0 Å². The highest BCUT2D eigenvalue weighted by Gasteiger charge is 2.34. The largest absolute Gasteiger partial charge is 0.435 e. The van der Waals surface area contributed by atoms with Crippen molar-refractivity contribution in [3.8, 4) is 16.8 Å². The Morgan fingerprint density at radius 2 is 1.65 bits per heavy atom. The minimum Gasteiger partial charge on any atom is -0.238 e. The van der Waals surface area contributed by atoms with Crippen molar-refractivity contribution in [1.82, 2.24) is 9.78 Å². The highest BCUT2D eigenvalue weighted by atomic mass is 32.2. The summed E-state index contributed by atoms with van der Waals surface area (Å²) in [6.07, 6.45) is -3.71. The lowest BCUT2D eigenvalue weighted by atomic mass is 10.0. The molecule has 0 unspecified atom stereocenters. The van der Waals surface area contributed by atoms with E-state index in [1.54, 1.807) is 0 Å². The van der Waals surface area contributed by atoms with Crippen LogP contribution in [0.4, 0.5) is 17.6 Å². The molecule has 10 heteroatoms. The summed E-state index contributed by atoms with van der Waals surface area (Å²) in [6.45, 7) is 0. The smallest absolute Gasteiger partial charge is 0.238 e. The van der Waals surface area contributed by atoms with Gasteiger partial charge in [0.25, 0.3) is 0 Å². The lowest BCUT2D eigenvalue weighted by Gasteiger charge is -2.14. The lowest BCUT2D eigenvalue weighted by Crippen LogP contribution is -2.17. The maximum atomic E-state index is 13.2. The summed E-state index contributed by atoms with van der Waals surface area (Å²) >= 11 is 0. The van der Waals surface area contributed by atoms with Gasteiger partial charge in [-0.1, -0.05) is 24.3 Å². The molecule has 0 atom stereocenters. The van der Waals surface area contributed by atoms with E-state index >= 15 is 0 Å². The number of benzene rings is 2. The fourth-order valence-electron chi connectivity index (χ4n) is 2.45. The quantitative estimate of drug-likeness (QED) is 0.703. The van der Waals surface area contributed by atoms with Crippen molar-refractivity contribution in [2.24, 2.45) is 5.14 Å². The average Bonchev–Trinajstić information content (AvgIpc) is 3.04. The minimum absolute atomic E-state index is 0.155. The zero-order chi connectivity index (χ0) is 19.1. The molecule has 3 aromatic rings. The number of para-hydroxylation sites is 1. The zero-order valence-corrected chi connectivity index (χ0v) is 13.7. The van der Waals surface area contributed by atoms with E-state index in [9.17, 15) is 26.0 Å². The molecule has 0 saturated carbocycles. The highest BCUT2D eigenvalue weighted by Crippen LogP contribution is 2.33. The molecule has 0 radical (unpaired) electrons. The first kappa shape index (κ1) is 18.1. The van der Waals surface area contributed by atoms with Crippen molar-refractivity contribution in [3.63, 3.8) is 0 Å². The summed E-state index contributed by atoms with van der Waals surface area (Å²) < 4.78 is 76.4. The monoisotopic (exact) mass is 385 g/mol. The predicted molar refractivity (Wildman–Crippen MR) is 85.3 cm³/mol. The number of primary sulfonamides is 1. The number of hydrogen-bond acceptors (Lipinski definition) is 3. The van der Waals surface area contributed by atoms with Crippen LogP contribution in [0.3, 0.4) is 0 Å². The van der Waals surface area contributed by atoms with Gasteiger partial charge in [-0.3, -0.25) is 0 Å². The van der Waals surface area contributed by atoms with Gasteiger partial charge in [-0.25, -0.2) is 22.6 Å². The molecule has 1 heterocycles. The Hall–Kier alpha value is -2.72. The molecule has 26 heavy (non-hydrogen) atoms. The van der Waals surface area contributed by atoms with Gasteiger partial charge in [-0.2, -0.15) is 18.3 Å². The van der Waals surface area contributed by atoms with Crippen LogP contribution in [0, 0.1) is 5.82 Å². The summed E-state index contributed by atoms with van der Waals surface area (Å²) in [4.78, 5) is -0.406. The lowest BCUT2D eigenvalue weighted by molar-refractivity contribution is -0.141. The van der Waals surface area contributed by atoms with Crippen LogP contribution in [0.25, 0.3) is 16.8 Å². The Balaban J connectivity index is 2.30. The molecular formula is C16H11F4N3O2S. The Bertz CT molecular complexity index is 1060. The van der Waals surface area contributed by atoms with E-state index in [4.69, 9.17) is 5.14 Å². The number of aromatic nitrogens is 2. The molecule has 3 rings (SSSR count). The van der Waals surface area contributed by atoms with E-state index < -0.39 is 32.6 Å². The Morgan fingerprint density at radius 1 is 1.00 bits per heavy atom. The van der Waals surface area contributed by atoms with Crippen LogP contribution >= 0.6 is 0 Å². The second-order valence-electron chi connectivity index (χ2n) is 5.35. The summed E-state index contributed by atoms with van der Waals surface area (Å²) in [5.41, 5.74) is -0.729. The van der Waals surface area contributed by atoms with Crippen LogP contribution in [0.5, 0.6) is 0 Å². The van der Waals surface area contributed by atoms with Gasteiger partial charge >= 0.3 is 6.18 Å². The second kappa shape index (κ2) is 6.22. The number of hydrogen-bond donors (Lipinski definition) is 1. The molecular weight excluding hydrogens is 374 g/mol. The van der Waals surface area contributed by atoms with Crippen molar-refractivity contribution in [3.05, 3.63) is 66.2 Å². The summed E-state index contributed by atoms with van der Waals surface area (Å²) in [5, 5.41) is 8.63. The molecule has 0 bridgehead atoms. The first-order valence-electron chi connectivity index (χ1n) is 7.12. The van der Waals surface area contributed by atoms with Gasteiger partial charge in [0.15, 0.2) is 5.69 Å². The topological polar surface area (TPSA) is 78.0 Å². The SMILES string of the molecule is NS(=O)(=O)c1cccc(-c2ccc(F)cc2)c1-n1ccc(C(F)(F)F)n1. The molecule has 1 aromatic heterocycles. The normalized spacial score (nSPS) is 12.3. The first-order chi connectivity index (χ1) is 12.1. The third-order valence-corrected chi connectivity index (χ3v) is 4.51. The van der Waals surface area contributed by atoms with Crippen LogP contribution in [-0.2, 0) is 16.2 Å². The van der Waals surface area contributed by atoms with Gasteiger partial charge in [0.05, 0.1) is 5.69 Å². The Labute approximate surface area is 145 Å². The van der Waals surface area contributed by atoms with E-state index in [-0.39, 0.29) is 11.3 Å². The van der Waals surface area contributed by atoms with E-state index in [2.05, 4.69) is 5.10 Å². The minimum atomic E-state index is -4.70. The van der Waals surface area contributed by atoms with Crippen LogP contribution < -0.4 is 5.14 Å². The molecule has 0 aliphatic carbocycles. The van der Waals surface area contributed by atoms with E-state index in [1.807, 2.05) is 0 Å². The Morgan fingerprint density at radius 3 is 2.19 bits per heavy atom. The van der Waals surface area contributed by atoms with Gasteiger partial charge < -0.3 is 0 Å². The van der Waals surface area contributed by atoms with Crippen LogP contribution in [0.15, 0.2) is 59.6 Å². The Kier molecular flexibility index (Phi) is 4.32. The summed E-state index contributed by atoms with van der Waals surface area (Å²) in [7, 11) is -4.26. The van der Waals surface area contributed by atoms with Crippen molar-refractivity contribution < 1.29 is 26.0 Å². The number of rotatable bonds is 3. The van der Waals surface area contributed by atoms with Crippen molar-refractivity contribution in [1.29, 1.82) is 0 Å². The van der Waals surface area contributed by atoms with Gasteiger partial charge in [0.2, 0.25) is 10.0 Å². The van der Waals surface area contributed by atoms with E-state index in [0.29, 0.717) is 11.6 Å². The van der Waals surface area contributed by atoms with Gasteiger partial charge in [-0.15, -0.1) is 0 Å². The number of nitrogens with zero attached hydrogens (tertiary/aromatic N) is 2. The summed E-state index contributed by atoms with van der Waals surface area (Å²) in [6, 6.07) is 9.77. The number of nitrogens with two attached hydrogens (primary N) is 1. The van der Waals surface area contributed by atoms with Crippen LogP contribution in [0.1, 0.15) is 5.69 Å². The fraction of sp³-hybridized carbons (Fsp3) is 0.0625. The standard InChI is InChI=1S/C16H11F4N3O2S/c17-11-6-4-10(5-7-11)12-2-1-3-13(26(21,24)25)15(12)23-9-8-14(22-23)16(18,19)20/h1-9H,(H2,21,24,25). The second-order valence-corrected chi connectivity index (χ2v) is 6.88. The van der Waals surface area contributed by atoms with Crippen molar-refractivity contribution in [2.75, 3.05) is 0 Å². The van der Waals surface area contributed by atoms with Gasteiger partial charge in [0.1, 0.15) is 10.7 Å². The predicted octanol–water partition coefficient (Wildman–Crippen LogP) is 3.34.